The first kappa shape index (κ1) is 21.2. The molecular weight excluding hydrogens is 400 g/mol. The number of carbonyl (C=O) groups is 1. The largest absolute Gasteiger partial charge is 0.426 e. The number of amides is 1. The summed E-state index contributed by atoms with van der Waals surface area (Å²) in [6.45, 7) is 9.36. The lowest BCUT2D eigenvalue weighted by Gasteiger charge is -2.37. The molecule has 1 atom stereocenters. The number of nitrogens with zero attached hydrogens (tertiary/aromatic N) is 3. The lowest BCUT2D eigenvalue weighted by Crippen LogP contribution is -2.50. The van der Waals surface area contributed by atoms with E-state index in [1.165, 1.54) is 7.48 Å². The fraction of sp³-hybridized carbons (Fsp3) is 0.474. The number of carbonyl (C=O) groups excluding carboxylic acids is 1. The van der Waals surface area contributed by atoms with E-state index >= 15 is 0 Å². The summed E-state index contributed by atoms with van der Waals surface area (Å²) in [5.74, 6) is -0.204. The molecule has 28 heavy (non-hydrogen) atoms. The Morgan fingerprint density at radius 2 is 1.93 bits per heavy atom. The summed E-state index contributed by atoms with van der Waals surface area (Å²) in [5.41, 5.74) is -0.271. The number of benzene rings is 1. The second-order valence-electron chi connectivity index (χ2n) is 8.06. The van der Waals surface area contributed by atoms with Crippen molar-refractivity contribution in [2.75, 3.05) is 11.4 Å². The van der Waals surface area contributed by atoms with Gasteiger partial charge in [0.2, 0.25) is 0 Å². The molecule has 149 valence electrons. The number of fused-ring (bicyclic) bond motifs is 1. The predicted octanol–water partition coefficient (Wildman–Crippen LogP) is 3.22. The smallest absolute Gasteiger partial charge is 0.334 e. The van der Waals surface area contributed by atoms with Crippen LogP contribution in [0.2, 0.25) is 10.0 Å². The predicted molar refractivity (Wildman–Crippen MR) is 112 cm³/mol. The van der Waals surface area contributed by atoms with Gasteiger partial charge in [0.1, 0.15) is 5.69 Å². The number of halogens is 2. The number of hydrogen-bond donors (Lipinski definition) is 1. The van der Waals surface area contributed by atoms with Crippen LogP contribution in [-0.2, 0) is 4.65 Å². The van der Waals surface area contributed by atoms with Gasteiger partial charge in [0.15, 0.2) is 0 Å². The third-order valence-electron chi connectivity index (χ3n) is 5.30. The monoisotopic (exact) mass is 422 g/mol. The SMILES string of the molecule is C[C@H]1CN(c2ccc(Cl)c(Cl)c2)C(=O)c2c([B]OC(C)(C)C(C)(C)O)cnn21. The molecule has 0 unspecified atom stereocenters. The van der Waals surface area contributed by atoms with Crippen LogP contribution >= 0.6 is 23.2 Å². The molecule has 0 fully saturated rings. The van der Waals surface area contributed by atoms with Gasteiger partial charge < -0.3 is 14.7 Å². The highest BCUT2D eigenvalue weighted by atomic mass is 35.5. The van der Waals surface area contributed by atoms with Crippen LogP contribution in [-0.4, -0.2) is 46.0 Å². The molecule has 0 spiro atoms. The Hall–Kier alpha value is -1.54. The second-order valence-corrected chi connectivity index (χ2v) is 8.88. The molecule has 2 heterocycles. The fourth-order valence-corrected chi connectivity index (χ4v) is 3.09. The maximum atomic E-state index is 13.2. The van der Waals surface area contributed by atoms with Crippen molar-refractivity contribution in [3.63, 3.8) is 0 Å². The first-order valence-electron chi connectivity index (χ1n) is 9.00. The van der Waals surface area contributed by atoms with Gasteiger partial charge in [-0.05, 0) is 58.3 Å². The van der Waals surface area contributed by atoms with E-state index in [-0.39, 0.29) is 11.9 Å². The van der Waals surface area contributed by atoms with Crippen LogP contribution in [0.15, 0.2) is 24.4 Å². The summed E-state index contributed by atoms with van der Waals surface area (Å²) in [4.78, 5) is 14.9. The van der Waals surface area contributed by atoms with Crippen molar-refractivity contribution in [3.8, 4) is 0 Å². The Kier molecular flexibility index (Phi) is 5.58. The van der Waals surface area contributed by atoms with E-state index in [0.717, 1.165) is 0 Å². The Bertz CT molecular complexity index is 908. The van der Waals surface area contributed by atoms with Gasteiger partial charge in [-0.2, -0.15) is 5.10 Å². The fourth-order valence-electron chi connectivity index (χ4n) is 2.80. The molecule has 2 aromatic rings. The number of aromatic nitrogens is 2. The molecule has 0 saturated carbocycles. The van der Waals surface area contributed by atoms with Gasteiger partial charge in [0.05, 0.1) is 27.3 Å². The maximum Gasteiger partial charge on any atom is 0.334 e. The molecule has 1 aromatic carbocycles. The number of anilines is 1. The van der Waals surface area contributed by atoms with Gasteiger partial charge in [-0.25, -0.2) is 0 Å². The summed E-state index contributed by atoms with van der Waals surface area (Å²) in [7, 11) is 1.49. The van der Waals surface area contributed by atoms with Crippen molar-refractivity contribution >= 4 is 47.7 Å². The van der Waals surface area contributed by atoms with E-state index in [1.54, 1.807) is 61.7 Å². The van der Waals surface area contributed by atoms with Crippen molar-refractivity contribution in [1.82, 2.24) is 9.78 Å². The average Bonchev–Trinajstić information content (AvgIpc) is 3.03. The van der Waals surface area contributed by atoms with Crippen LogP contribution in [0.1, 0.15) is 51.1 Å². The summed E-state index contributed by atoms with van der Waals surface area (Å²) in [6.07, 6.45) is 1.60. The van der Waals surface area contributed by atoms with Crippen LogP contribution < -0.4 is 10.4 Å². The molecule has 3 rings (SSSR count). The molecule has 1 aromatic heterocycles. The van der Waals surface area contributed by atoms with Gasteiger partial charge in [-0.1, -0.05) is 23.2 Å². The third-order valence-corrected chi connectivity index (χ3v) is 6.04. The molecule has 1 aliphatic rings. The van der Waals surface area contributed by atoms with Crippen LogP contribution in [0.3, 0.4) is 0 Å². The molecule has 0 aliphatic carbocycles. The third kappa shape index (κ3) is 3.81. The van der Waals surface area contributed by atoms with Crippen molar-refractivity contribution in [1.29, 1.82) is 0 Å². The van der Waals surface area contributed by atoms with Gasteiger partial charge in [0.25, 0.3) is 5.91 Å². The number of hydrogen-bond acceptors (Lipinski definition) is 4. The van der Waals surface area contributed by atoms with Crippen molar-refractivity contribution in [2.24, 2.45) is 0 Å². The Balaban J connectivity index is 1.91. The first-order valence-corrected chi connectivity index (χ1v) is 9.76. The molecule has 1 N–H and O–H groups in total. The zero-order valence-electron chi connectivity index (χ0n) is 16.5. The van der Waals surface area contributed by atoms with Crippen molar-refractivity contribution in [3.05, 3.63) is 40.1 Å². The number of rotatable bonds is 5. The summed E-state index contributed by atoms with van der Waals surface area (Å²) >= 11 is 12.1. The summed E-state index contributed by atoms with van der Waals surface area (Å²) in [5, 5.41) is 15.5. The van der Waals surface area contributed by atoms with E-state index in [2.05, 4.69) is 5.10 Å². The molecule has 1 radical (unpaired) electrons. The minimum atomic E-state index is -1.07. The highest BCUT2D eigenvalue weighted by molar-refractivity contribution is 6.49. The summed E-state index contributed by atoms with van der Waals surface area (Å²) in [6, 6.07) is 5.08. The minimum Gasteiger partial charge on any atom is -0.426 e. The topological polar surface area (TPSA) is 67.6 Å². The molecule has 1 amide bonds. The van der Waals surface area contributed by atoms with Crippen molar-refractivity contribution < 1.29 is 14.6 Å². The zero-order chi connectivity index (χ0) is 20.9. The van der Waals surface area contributed by atoms with Gasteiger partial charge in [0, 0.05) is 18.4 Å². The average molecular weight is 423 g/mol. The maximum absolute atomic E-state index is 13.2. The Morgan fingerprint density at radius 1 is 1.25 bits per heavy atom. The molecule has 9 heteroatoms. The normalized spacial score (nSPS) is 17.6. The second kappa shape index (κ2) is 7.37. The van der Waals surface area contributed by atoms with Crippen LogP contribution in [0.4, 0.5) is 5.69 Å². The Morgan fingerprint density at radius 3 is 2.54 bits per heavy atom. The standard InChI is InChI=1S/C19H23BCl2N3O3/c1-11-10-24(12-6-7-14(21)15(22)8-12)17(26)16-13(9-23-25(11)16)20-28-19(4,5)18(2,3)27/h6-9,11,27H,10H2,1-5H3/t11-/m0/s1. The summed E-state index contributed by atoms with van der Waals surface area (Å²) < 4.78 is 7.52. The lowest BCUT2D eigenvalue weighted by molar-refractivity contribution is -0.0893. The highest BCUT2D eigenvalue weighted by Gasteiger charge is 2.38. The Labute approximate surface area is 175 Å². The lowest BCUT2D eigenvalue weighted by atomic mass is 9.82. The molecule has 0 bridgehead atoms. The van der Waals surface area contributed by atoms with Gasteiger partial charge in [-0.15, -0.1) is 0 Å². The van der Waals surface area contributed by atoms with Crippen LogP contribution in [0, 0.1) is 0 Å². The molecule has 6 nitrogen and oxygen atoms in total. The molecular formula is C19H23BCl2N3O3. The molecule has 1 aliphatic heterocycles. The van der Waals surface area contributed by atoms with E-state index in [9.17, 15) is 9.90 Å². The minimum absolute atomic E-state index is 0.0356. The van der Waals surface area contributed by atoms with E-state index in [1.807, 2.05) is 6.92 Å². The zero-order valence-corrected chi connectivity index (χ0v) is 18.0. The van der Waals surface area contributed by atoms with E-state index in [4.69, 9.17) is 27.9 Å². The number of aliphatic hydroxyl groups is 1. The van der Waals surface area contributed by atoms with Gasteiger partial charge >= 0.3 is 7.48 Å². The van der Waals surface area contributed by atoms with Crippen LogP contribution in [0.25, 0.3) is 0 Å². The van der Waals surface area contributed by atoms with Gasteiger partial charge in [-0.3, -0.25) is 9.48 Å². The van der Waals surface area contributed by atoms with Crippen LogP contribution in [0.5, 0.6) is 0 Å². The van der Waals surface area contributed by atoms with Crippen molar-refractivity contribution in [2.45, 2.75) is 51.9 Å². The quantitative estimate of drug-likeness (QED) is 0.751. The highest BCUT2D eigenvalue weighted by Crippen LogP contribution is 2.31. The van der Waals surface area contributed by atoms with E-state index < -0.39 is 11.2 Å². The first-order chi connectivity index (χ1) is 12.9. The molecule has 0 saturated heterocycles. The van der Waals surface area contributed by atoms with E-state index in [0.29, 0.717) is 33.4 Å².